The summed E-state index contributed by atoms with van der Waals surface area (Å²) in [5.41, 5.74) is 8.95. The van der Waals surface area contributed by atoms with Gasteiger partial charge in [0.25, 0.3) is 0 Å². The van der Waals surface area contributed by atoms with Crippen LogP contribution in [0.1, 0.15) is 19.4 Å². The summed E-state index contributed by atoms with van der Waals surface area (Å²) in [5, 5.41) is 1.19. The molecule has 2 aromatic rings. The van der Waals surface area contributed by atoms with Crippen molar-refractivity contribution in [3.63, 3.8) is 0 Å². The van der Waals surface area contributed by atoms with Gasteiger partial charge in [0, 0.05) is 17.7 Å². The van der Waals surface area contributed by atoms with Crippen molar-refractivity contribution in [2.75, 3.05) is 6.61 Å². The number of rotatable bonds is 5. The number of nitrogens with two attached hydrogens (primary N) is 1. The summed E-state index contributed by atoms with van der Waals surface area (Å²) in [5.74, 6) is 0.612. The van der Waals surface area contributed by atoms with E-state index >= 15 is 0 Å². The van der Waals surface area contributed by atoms with Crippen molar-refractivity contribution in [1.82, 2.24) is 0 Å². The number of benzene rings is 2. The highest BCUT2D eigenvalue weighted by Crippen LogP contribution is 2.36. The van der Waals surface area contributed by atoms with Crippen molar-refractivity contribution < 1.29 is 4.74 Å². The fourth-order valence-corrected chi connectivity index (χ4v) is 2.69. The number of ether oxygens (including phenoxy) is 1. The molecule has 0 fully saturated rings. The van der Waals surface area contributed by atoms with Gasteiger partial charge >= 0.3 is 0 Å². The van der Waals surface area contributed by atoms with Crippen molar-refractivity contribution in [2.24, 2.45) is 5.73 Å². The van der Waals surface area contributed by atoms with Gasteiger partial charge in [-0.3, -0.25) is 0 Å². The summed E-state index contributed by atoms with van der Waals surface area (Å²) >= 11 is 12.6. The lowest BCUT2D eigenvalue weighted by atomic mass is 10.0. The molecule has 2 rings (SSSR count). The Morgan fingerprint density at radius 2 is 1.76 bits per heavy atom. The standard InChI is InChI=1S/C17H19Cl2NO/c1-3-21-17-10-15(18)14(9-16(17)19)13-6-4-12(5-7-13)8-11(2)20/h4-7,9-11H,3,8,20H2,1-2H3. The van der Waals surface area contributed by atoms with Crippen LogP contribution in [-0.2, 0) is 6.42 Å². The van der Waals surface area contributed by atoms with E-state index < -0.39 is 0 Å². The van der Waals surface area contributed by atoms with Crippen LogP contribution in [0.25, 0.3) is 11.1 Å². The van der Waals surface area contributed by atoms with Gasteiger partial charge in [0.2, 0.25) is 0 Å². The average molecular weight is 324 g/mol. The van der Waals surface area contributed by atoms with Crippen molar-refractivity contribution in [3.8, 4) is 16.9 Å². The first kappa shape index (κ1) is 16.2. The molecule has 0 radical (unpaired) electrons. The second kappa shape index (κ2) is 7.17. The molecule has 4 heteroatoms. The third-order valence-electron chi connectivity index (χ3n) is 3.14. The fraction of sp³-hybridized carbons (Fsp3) is 0.294. The molecule has 1 unspecified atom stereocenters. The first-order valence-electron chi connectivity index (χ1n) is 6.98. The molecule has 2 nitrogen and oxygen atoms in total. The van der Waals surface area contributed by atoms with Gasteiger partial charge in [-0.05, 0) is 37.5 Å². The minimum atomic E-state index is 0.152. The second-order valence-corrected chi connectivity index (χ2v) is 5.89. The largest absolute Gasteiger partial charge is 0.492 e. The van der Waals surface area contributed by atoms with E-state index in [9.17, 15) is 0 Å². The summed E-state index contributed by atoms with van der Waals surface area (Å²) in [4.78, 5) is 0. The zero-order chi connectivity index (χ0) is 15.4. The highest BCUT2D eigenvalue weighted by Gasteiger charge is 2.10. The van der Waals surface area contributed by atoms with Gasteiger partial charge in [0.05, 0.1) is 16.7 Å². The lowest BCUT2D eigenvalue weighted by Gasteiger charge is -2.11. The highest BCUT2D eigenvalue weighted by atomic mass is 35.5. The Morgan fingerprint density at radius 3 is 2.33 bits per heavy atom. The maximum atomic E-state index is 6.34. The minimum Gasteiger partial charge on any atom is -0.492 e. The molecule has 2 N–H and O–H groups in total. The smallest absolute Gasteiger partial charge is 0.139 e. The molecular formula is C17H19Cl2NO. The maximum Gasteiger partial charge on any atom is 0.139 e. The van der Waals surface area contributed by atoms with Crippen molar-refractivity contribution in [1.29, 1.82) is 0 Å². The Kier molecular flexibility index (Phi) is 5.51. The Morgan fingerprint density at radius 1 is 1.10 bits per heavy atom. The normalized spacial score (nSPS) is 12.2. The molecule has 1 atom stereocenters. The van der Waals surface area contributed by atoms with E-state index in [4.69, 9.17) is 33.7 Å². The first-order valence-corrected chi connectivity index (χ1v) is 7.73. The van der Waals surface area contributed by atoms with E-state index in [2.05, 4.69) is 12.1 Å². The second-order valence-electron chi connectivity index (χ2n) is 5.07. The number of hydrogen-bond donors (Lipinski definition) is 1. The van der Waals surface area contributed by atoms with E-state index in [0.717, 1.165) is 17.5 Å². The van der Waals surface area contributed by atoms with Crippen molar-refractivity contribution in [3.05, 3.63) is 52.0 Å². The van der Waals surface area contributed by atoms with E-state index in [-0.39, 0.29) is 6.04 Å². The third-order valence-corrected chi connectivity index (χ3v) is 3.75. The van der Waals surface area contributed by atoms with E-state index in [1.54, 1.807) is 6.07 Å². The molecular weight excluding hydrogens is 305 g/mol. The molecule has 0 amide bonds. The molecule has 21 heavy (non-hydrogen) atoms. The van der Waals surface area contributed by atoms with Gasteiger partial charge < -0.3 is 10.5 Å². The minimum absolute atomic E-state index is 0.152. The quantitative estimate of drug-likeness (QED) is 0.844. The van der Waals surface area contributed by atoms with Gasteiger partial charge in [-0.25, -0.2) is 0 Å². The Hall–Kier alpha value is -1.22. The molecule has 0 heterocycles. The lowest BCUT2D eigenvalue weighted by Crippen LogP contribution is -2.17. The van der Waals surface area contributed by atoms with Gasteiger partial charge in [0.1, 0.15) is 5.75 Å². The summed E-state index contributed by atoms with van der Waals surface area (Å²) in [6.07, 6.45) is 0.859. The molecule has 0 saturated heterocycles. The van der Waals surface area contributed by atoms with Crippen LogP contribution in [0.5, 0.6) is 5.75 Å². The van der Waals surface area contributed by atoms with Crippen LogP contribution in [0.3, 0.4) is 0 Å². The monoisotopic (exact) mass is 323 g/mol. The van der Waals surface area contributed by atoms with Crippen LogP contribution in [0.4, 0.5) is 0 Å². The van der Waals surface area contributed by atoms with Gasteiger partial charge in [0.15, 0.2) is 0 Å². The van der Waals surface area contributed by atoms with Crippen LogP contribution in [0.15, 0.2) is 36.4 Å². The summed E-state index contributed by atoms with van der Waals surface area (Å²) in [6.45, 7) is 4.47. The van der Waals surface area contributed by atoms with Crippen LogP contribution in [0, 0.1) is 0 Å². The fourth-order valence-electron chi connectivity index (χ4n) is 2.21. The summed E-state index contributed by atoms with van der Waals surface area (Å²) in [6, 6.07) is 12.0. The van der Waals surface area contributed by atoms with Crippen molar-refractivity contribution >= 4 is 23.2 Å². The Labute approximate surface area is 135 Å². The SMILES string of the molecule is CCOc1cc(Cl)c(-c2ccc(CC(C)N)cc2)cc1Cl. The summed E-state index contributed by atoms with van der Waals surface area (Å²) < 4.78 is 5.44. The van der Waals surface area contributed by atoms with E-state index in [0.29, 0.717) is 22.4 Å². The highest BCUT2D eigenvalue weighted by molar-refractivity contribution is 6.36. The van der Waals surface area contributed by atoms with E-state index in [1.807, 2.05) is 32.0 Å². The van der Waals surface area contributed by atoms with Crippen LogP contribution in [0.2, 0.25) is 10.0 Å². The molecule has 0 aliphatic rings. The van der Waals surface area contributed by atoms with Gasteiger partial charge in [-0.2, -0.15) is 0 Å². The van der Waals surface area contributed by atoms with Crippen molar-refractivity contribution in [2.45, 2.75) is 26.3 Å². The lowest BCUT2D eigenvalue weighted by molar-refractivity contribution is 0.340. The summed E-state index contributed by atoms with van der Waals surface area (Å²) in [7, 11) is 0. The molecule has 0 spiro atoms. The molecule has 0 saturated carbocycles. The molecule has 0 bridgehead atoms. The zero-order valence-corrected chi connectivity index (χ0v) is 13.7. The number of halogens is 2. The topological polar surface area (TPSA) is 35.2 Å². The van der Waals surface area contributed by atoms with Crippen LogP contribution >= 0.6 is 23.2 Å². The zero-order valence-electron chi connectivity index (χ0n) is 12.2. The molecule has 2 aromatic carbocycles. The van der Waals surface area contributed by atoms with Gasteiger partial charge in [-0.1, -0.05) is 47.5 Å². The predicted molar refractivity (Wildman–Crippen MR) is 90.4 cm³/mol. The third kappa shape index (κ3) is 4.13. The molecule has 0 aromatic heterocycles. The van der Waals surface area contributed by atoms with Gasteiger partial charge in [-0.15, -0.1) is 0 Å². The van der Waals surface area contributed by atoms with Crippen LogP contribution in [-0.4, -0.2) is 12.6 Å². The number of hydrogen-bond acceptors (Lipinski definition) is 2. The maximum absolute atomic E-state index is 6.34. The molecule has 0 aliphatic carbocycles. The first-order chi connectivity index (χ1) is 10.0. The van der Waals surface area contributed by atoms with E-state index in [1.165, 1.54) is 5.56 Å². The average Bonchev–Trinajstić information content (AvgIpc) is 2.43. The van der Waals surface area contributed by atoms with Crippen LogP contribution < -0.4 is 10.5 Å². The Bertz CT molecular complexity index is 609. The Balaban J connectivity index is 2.31. The molecule has 112 valence electrons. The predicted octanol–water partition coefficient (Wildman–Crippen LogP) is 4.95. The molecule has 0 aliphatic heterocycles.